The van der Waals surface area contributed by atoms with Gasteiger partial charge in [-0.2, -0.15) is 0 Å². The molecule has 208 valence electrons. The number of nitrogens with two attached hydrogens (primary N) is 1. The molecule has 12 heteroatoms. The van der Waals surface area contributed by atoms with Crippen molar-refractivity contribution in [3.8, 4) is 11.5 Å². The van der Waals surface area contributed by atoms with Crippen molar-refractivity contribution in [1.82, 2.24) is 14.3 Å². The molecule has 2 N–H and O–H groups in total. The van der Waals surface area contributed by atoms with Crippen LogP contribution in [0, 0.1) is 5.92 Å². The van der Waals surface area contributed by atoms with E-state index in [4.69, 9.17) is 32.4 Å². The first kappa shape index (κ1) is 27.7. The first-order valence-corrected chi connectivity index (χ1v) is 14.0. The van der Waals surface area contributed by atoms with Crippen molar-refractivity contribution in [1.29, 1.82) is 0 Å². The van der Waals surface area contributed by atoms with Crippen LogP contribution in [0.5, 0.6) is 11.5 Å². The summed E-state index contributed by atoms with van der Waals surface area (Å²) in [6.07, 6.45) is 4.95. The SMILES string of the molecule is COc1ccc(CCN2C(=O)/C(=C\c3c(N4CCC(C(N)=O)CC4)nc4ccccn4c3=O)SC2=S)cc1OC. The summed E-state index contributed by atoms with van der Waals surface area (Å²) in [5.41, 5.74) is 7.00. The van der Waals surface area contributed by atoms with E-state index in [1.165, 1.54) is 16.2 Å². The van der Waals surface area contributed by atoms with Crippen molar-refractivity contribution in [3.63, 3.8) is 0 Å². The average Bonchev–Trinajstić information content (AvgIpc) is 3.24. The van der Waals surface area contributed by atoms with Gasteiger partial charge in [0.1, 0.15) is 15.8 Å². The molecule has 2 aliphatic heterocycles. The van der Waals surface area contributed by atoms with Crippen molar-refractivity contribution in [2.75, 3.05) is 38.8 Å². The number of thioether (sulfide) groups is 1. The second kappa shape index (κ2) is 11.7. The number of hydrogen-bond acceptors (Lipinski definition) is 9. The van der Waals surface area contributed by atoms with Crippen LogP contribution in [0.2, 0.25) is 0 Å². The van der Waals surface area contributed by atoms with Crippen molar-refractivity contribution in [2.45, 2.75) is 19.3 Å². The van der Waals surface area contributed by atoms with Gasteiger partial charge in [0.25, 0.3) is 11.5 Å². The fourth-order valence-electron chi connectivity index (χ4n) is 4.94. The smallest absolute Gasteiger partial charge is 0.267 e. The lowest BCUT2D eigenvalue weighted by atomic mass is 9.96. The Hall–Kier alpha value is -3.90. The molecule has 0 bridgehead atoms. The zero-order valence-corrected chi connectivity index (χ0v) is 23.8. The number of benzene rings is 1. The molecule has 1 aromatic carbocycles. The van der Waals surface area contributed by atoms with Gasteiger partial charge in [0.05, 0.1) is 24.7 Å². The minimum Gasteiger partial charge on any atom is -0.493 e. The number of hydrogen-bond donors (Lipinski definition) is 1. The third kappa shape index (κ3) is 5.41. The molecule has 2 saturated heterocycles. The Kier molecular flexibility index (Phi) is 8.08. The molecule has 0 unspecified atom stereocenters. The van der Waals surface area contributed by atoms with Crippen LogP contribution in [0.1, 0.15) is 24.0 Å². The van der Waals surface area contributed by atoms with Gasteiger partial charge in [0, 0.05) is 31.7 Å². The van der Waals surface area contributed by atoms with E-state index in [2.05, 4.69) is 0 Å². The van der Waals surface area contributed by atoms with Crippen LogP contribution in [0.25, 0.3) is 11.7 Å². The molecule has 0 spiro atoms. The molecule has 0 radical (unpaired) electrons. The topological polar surface area (TPSA) is 119 Å². The van der Waals surface area contributed by atoms with E-state index in [1.54, 1.807) is 43.5 Å². The van der Waals surface area contributed by atoms with E-state index >= 15 is 0 Å². The number of primary amides is 1. The molecule has 2 fully saturated rings. The maximum absolute atomic E-state index is 13.6. The predicted molar refractivity (Wildman–Crippen MR) is 159 cm³/mol. The van der Waals surface area contributed by atoms with Crippen LogP contribution >= 0.6 is 24.0 Å². The summed E-state index contributed by atoms with van der Waals surface area (Å²) in [6, 6.07) is 11.0. The molecular formula is C28H29N5O5S2. The second-order valence-corrected chi connectivity index (χ2v) is 11.2. The van der Waals surface area contributed by atoms with Gasteiger partial charge in [-0.05, 0) is 55.2 Å². The molecular weight excluding hydrogens is 550 g/mol. The summed E-state index contributed by atoms with van der Waals surface area (Å²) in [6.45, 7) is 1.42. The van der Waals surface area contributed by atoms with Crippen molar-refractivity contribution < 1.29 is 19.1 Å². The molecule has 4 heterocycles. The van der Waals surface area contributed by atoms with Crippen LogP contribution < -0.4 is 25.7 Å². The molecule has 2 aromatic heterocycles. The highest BCUT2D eigenvalue weighted by Gasteiger charge is 2.33. The number of rotatable bonds is 8. The quantitative estimate of drug-likeness (QED) is 0.317. The number of methoxy groups -OCH3 is 2. The van der Waals surface area contributed by atoms with Gasteiger partial charge in [-0.25, -0.2) is 4.98 Å². The molecule has 0 aliphatic carbocycles. The van der Waals surface area contributed by atoms with Gasteiger partial charge < -0.3 is 20.1 Å². The number of anilines is 1. The molecule has 0 saturated carbocycles. The first-order valence-electron chi connectivity index (χ1n) is 12.8. The first-order chi connectivity index (χ1) is 19.3. The lowest BCUT2D eigenvalue weighted by Crippen LogP contribution is -2.40. The lowest BCUT2D eigenvalue weighted by Gasteiger charge is -2.32. The highest BCUT2D eigenvalue weighted by molar-refractivity contribution is 8.26. The normalized spacial score (nSPS) is 17.2. The van der Waals surface area contributed by atoms with Crippen LogP contribution in [0.4, 0.5) is 5.82 Å². The fraction of sp³-hybridized carbons (Fsp3) is 0.321. The van der Waals surface area contributed by atoms with Gasteiger partial charge in [-0.15, -0.1) is 0 Å². The van der Waals surface area contributed by atoms with Gasteiger partial charge in [-0.1, -0.05) is 36.1 Å². The predicted octanol–water partition coefficient (Wildman–Crippen LogP) is 2.86. The summed E-state index contributed by atoms with van der Waals surface area (Å²) >= 11 is 6.72. The molecule has 5 rings (SSSR count). The number of ether oxygens (including phenoxy) is 2. The Morgan fingerprint density at radius 2 is 1.90 bits per heavy atom. The Morgan fingerprint density at radius 3 is 2.60 bits per heavy atom. The Morgan fingerprint density at radius 1 is 1.15 bits per heavy atom. The van der Waals surface area contributed by atoms with Gasteiger partial charge in [0.2, 0.25) is 5.91 Å². The third-order valence-electron chi connectivity index (χ3n) is 7.17. The number of piperidine rings is 1. The molecule has 0 atom stereocenters. The molecule has 40 heavy (non-hydrogen) atoms. The zero-order valence-electron chi connectivity index (χ0n) is 22.2. The minimum absolute atomic E-state index is 0.205. The van der Waals surface area contributed by atoms with Gasteiger partial charge in [-0.3, -0.25) is 23.7 Å². The molecule has 2 amide bonds. The highest BCUT2D eigenvalue weighted by Crippen LogP contribution is 2.35. The van der Waals surface area contributed by atoms with Gasteiger partial charge >= 0.3 is 0 Å². The summed E-state index contributed by atoms with van der Waals surface area (Å²) in [7, 11) is 3.15. The number of amides is 2. The van der Waals surface area contributed by atoms with Crippen molar-refractivity contribution >= 4 is 57.7 Å². The highest BCUT2D eigenvalue weighted by atomic mass is 32.2. The van der Waals surface area contributed by atoms with Crippen LogP contribution in [0.15, 0.2) is 52.3 Å². The maximum atomic E-state index is 13.6. The Bertz CT molecular complexity index is 1580. The monoisotopic (exact) mass is 579 g/mol. The number of thiocarbonyl (C=S) groups is 1. The standard InChI is InChI=1S/C28H29N5O5S2/c1-37-20-7-6-17(15-21(20)38-2)8-14-33-27(36)22(40-28(33)39)16-19-25(31-12-9-18(10-13-31)24(29)34)30-23-5-3-4-11-32(23)26(19)35/h3-7,11,15-16,18H,8-10,12-14H2,1-2H3,(H2,29,34)/b22-16+. The molecule has 10 nitrogen and oxygen atoms in total. The summed E-state index contributed by atoms with van der Waals surface area (Å²) in [5, 5.41) is 0. The average molecular weight is 580 g/mol. The Balaban J connectivity index is 1.43. The lowest BCUT2D eigenvalue weighted by molar-refractivity contribution is -0.123. The number of fused-ring (bicyclic) bond motifs is 1. The van der Waals surface area contributed by atoms with E-state index in [1.807, 2.05) is 29.2 Å². The number of pyridine rings is 1. The fourth-order valence-corrected chi connectivity index (χ4v) is 6.23. The van der Waals surface area contributed by atoms with E-state index in [9.17, 15) is 14.4 Å². The third-order valence-corrected chi connectivity index (χ3v) is 8.54. The van der Waals surface area contributed by atoms with E-state index < -0.39 is 0 Å². The van der Waals surface area contributed by atoms with Crippen molar-refractivity contribution in [3.05, 3.63) is 69.0 Å². The van der Waals surface area contributed by atoms with E-state index in [-0.39, 0.29) is 23.3 Å². The summed E-state index contributed by atoms with van der Waals surface area (Å²) in [5.74, 6) is 0.944. The summed E-state index contributed by atoms with van der Waals surface area (Å²) < 4.78 is 12.6. The number of carbonyl (C=O) groups excluding carboxylic acids is 2. The van der Waals surface area contributed by atoms with Crippen LogP contribution in [-0.4, -0.2) is 64.3 Å². The maximum Gasteiger partial charge on any atom is 0.267 e. The number of nitrogens with zero attached hydrogens (tertiary/aromatic N) is 4. The molecule has 2 aliphatic rings. The second-order valence-electron chi connectivity index (χ2n) is 9.52. The minimum atomic E-state index is -0.317. The number of carbonyl (C=O) groups is 2. The Labute approximate surface area is 240 Å². The molecule has 3 aromatic rings. The zero-order chi connectivity index (χ0) is 28.4. The van der Waals surface area contributed by atoms with Crippen LogP contribution in [0.3, 0.4) is 0 Å². The van der Waals surface area contributed by atoms with Crippen LogP contribution in [-0.2, 0) is 16.0 Å². The van der Waals surface area contributed by atoms with Gasteiger partial charge in [0.15, 0.2) is 11.5 Å². The largest absolute Gasteiger partial charge is 0.493 e. The van der Waals surface area contributed by atoms with E-state index in [0.29, 0.717) is 76.6 Å². The number of aromatic nitrogens is 2. The summed E-state index contributed by atoms with van der Waals surface area (Å²) in [4.78, 5) is 47.4. The van der Waals surface area contributed by atoms with Crippen molar-refractivity contribution in [2.24, 2.45) is 11.7 Å². The van der Waals surface area contributed by atoms with E-state index in [0.717, 1.165) is 5.56 Å².